The summed E-state index contributed by atoms with van der Waals surface area (Å²) in [5.41, 5.74) is 6.81. The third kappa shape index (κ3) is 5.53. The molecule has 4 rings (SSSR count). The zero-order chi connectivity index (χ0) is 25.8. The molecule has 2 amide bonds. The summed E-state index contributed by atoms with van der Waals surface area (Å²) in [5.74, 6) is -1.29. The zero-order valence-electron chi connectivity index (χ0n) is 20.2. The summed E-state index contributed by atoms with van der Waals surface area (Å²) in [6.07, 6.45) is 3.04. The summed E-state index contributed by atoms with van der Waals surface area (Å²) < 4.78 is 0.899. The first-order valence-corrected chi connectivity index (χ1v) is 13.3. The van der Waals surface area contributed by atoms with Gasteiger partial charge in [-0.1, -0.05) is 52.9 Å². The average Bonchev–Trinajstić information content (AvgIpc) is 3.31. The largest absolute Gasteiger partial charge is 0.481 e. The predicted molar refractivity (Wildman–Crippen MR) is 149 cm³/mol. The molecule has 0 spiro atoms. The molecule has 8 heteroatoms. The van der Waals surface area contributed by atoms with Crippen LogP contribution in [0.4, 0.5) is 5.69 Å². The van der Waals surface area contributed by atoms with Crippen LogP contribution in [0.5, 0.6) is 0 Å². The second kappa shape index (κ2) is 11.1. The normalized spacial score (nSPS) is 14.4. The number of halogens is 1. The Balaban J connectivity index is 1.62. The number of aryl methyl sites for hydroxylation is 1. The lowest BCUT2D eigenvalue weighted by Crippen LogP contribution is -2.28. The Kier molecular flexibility index (Phi) is 7.93. The molecule has 0 fully saturated rings. The molecule has 0 bridgehead atoms. The summed E-state index contributed by atoms with van der Waals surface area (Å²) in [4.78, 5) is 40.3. The molecule has 2 heterocycles. The van der Waals surface area contributed by atoms with Gasteiger partial charge in [0.05, 0.1) is 11.6 Å². The highest BCUT2D eigenvalue weighted by Gasteiger charge is 2.27. The lowest BCUT2D eigenvalue weighted by Gasteiger charge is -2.18. The molecule has 0 aliphatic carbocycles. The minimum absolute atomic E-state index is 0.0405. The fraction of sp³-hybridized carbons (Fsp3) is 0.250. The van der Waals surface area contributed by atoms with E-state index in [4.69, 9.17) is 5.11 Å². The number of nitrogens with one attached hydrogen (secondary N) is 3. The van der Waals surface area contributed by atoms with Crippen molar-refractivity contribution in [3.05, 3.63) is 87.7 Å². The Morgan fingerprint density at radius 2 is 1.89 bits per heavy atom. The van der Waals surface area contributed by atoms with Crippen LogP contribution in [-0.2, 0) is 16.0 Å². The predicted octanol–water partition coefficient (Wildman–Crippen LogP) is 5.44. The summed E-state index contributed by atoms with van der Waals surface area (Å²) in [5, 5.41) is 15.1. The van der Waals surface area contributed by atoms with Crippen molar-refractivity contribution in [2.24, 2.45) is 0 Å². The van der Waals surface area contributed by atoms with Crippen molar-refractivity contribution in [2.45, 2.75) is 39.2 Å². The van der Waals surface area contributed by atoms with Crippen LogP contribution >= 0.6 is 22.6 Å². The van der Waals surface area contributed by atoms with Crippen LogP contribution in [0.2, 0.25) is 0 Å². The van der Waals surface area contributed by atoms with Gasteiger partial charge in [-0.2, -0.15) is 0 Å². The number of carboxylic acid groups (broad SMARTS) is 1. The van der Waals surface area contributed by atoms with E-state index in [0.717, 1.165) is 38.9 Å². The molecule has 0 unspecified atom stereocenters. The van der Waals surface area contributed by atoms with Crippen LogP contribution in [0.3, 0.4) is 0 Å². The van der Waals surface area contributed by atoms with Crippen molar-refractivity contribution in [1.82, 2.24) is 10.3 Å². The molecule has 0 radical (unpaired) electrons. The summed E-state index contributed by atoms with van der Waals surface area (Å²) in [6.45, 7) is 3.82. The van der Waals surface area contributed by atoms with Gasteiger partial charge in [-0.25, -0.2) is 0 Å². The fourth-order valence-electron chi connectivity index (χ4n) is 4.54. The van der Waals surface area contributed by atoms with Gasteiger partial charge >= 0.3 is 5.97 Å². The number of amides is 2. The highest BCUT2D eigenvalue weighted by Crippen LogP contribution is 2.35. The monoisotopic (exact) mass is 597 g/mol. The number of aromatic amines is 1. The quantitative estimate of drug-likeness (QED) is 0.150. The molecule has 4 N–H and O–H groups in total. The van der Waals surface area contributed by atoms with Crippen molar-refractivity contribution in [3.63, 3.8) is 0 Å². The Morgan fingerprint density at radius 1 is 1.14 bits per heavy atom. The number of carboxylic acids is 1. The van der Waals surface area contributed by atoms with E-state index in [-0.39, 0.29) is 24.3 Å². The number of carbonyl (C=O) groups is 3. The molecule has 1 aliphatic rings. The Bertz CT molecular complexity index is 1340. The van der Waals surface area contributed by atoms with Crippen molar-refractivity contribution >= 4 is 57.7 Å². The van der Waals surface area contributed by atoms with Crippen LogP contribution in [-0.4, -0.2) is 32.3 Å². The number of benzene rings is 2. The van der Waals surface area contributed by atoms with Gasteiger partial charge in [0.2, 0.25) is 0 Å². The third-order valence-electron chi connectivity index (χ3n) is 6.48. The van der Waals surface area contributed by atoms with Crippen LogP contribution in [0.25, 0.3) is 11.6 Å². The number of hydrogen-bond donors (Lipinski definition) is 4. The number of H-pyrrole nitrogens is 1. The lowest BCUT2D eigenvalue weighted by molar-refractivity contribution is -0.137. The first-order chi connectivity index (χ1) is 17.3. The lowest BCUT2D eigenvalue weighted by atomic mass is 10.00. The highest BCUT2D eigenvalue weighted by atomic mass is 127. The SMILES string of the molecule is Cc1[nH]c(/C=C2\C(=O)Nc3ccc(C(=O)N[C@H](CCI)c4ccccc4)cc32)c(C)c1CCC(=O)O. The maximum Gasteiger partial charge on any atom is 0.303 e. The van der Waals surface area contributed by atoms with Gasteiger partial charge in [-0.3, -0.25) is 14.4 Å². The number of aliphatic carboxylic acids is 1. The maximum absolute atomic E-state index is 13.2. The second-order valence-electron chi connectivity index (χ2n) is 8.85. The number of aromatic nitrogens is 1. The van der Waals surface area contributed by atoms with Gasteiger partial charge in [0.15, 0.2) is 0 Å². The third-order valence-corrected chi connectivity index (χ3v) is 7.10. The van der Waals surface area contributed by atoms with Gasteiger partial charge in [-0.15, -0.1) is 0 Å². The number of anilines is 1. The van der Waals surface area contributed by atoms with Crippen molar-refractivity contribution < 1.29 is 19.5 Å². The van der Waals surface area contributed by atoms with Gasteiger partial charge in [-0.05, 0) is 67.7 Å². The molecular formula is C28H28IN3O4. The summed E-state index contributed by atoms with van der Waals surface area (Å²) >= 11 is 2.31. The van der Waals surface area contributed by atoms with Gasteiger partial charge in [0.1, 0.15) is 0 Å². The van der Waals surface area contributed by atoms with Crippen molar-refractivity contribution in [1.29, 1.82) is 0 Å². The van der Waals surface area contributed by atoms with E-state index in [1.54, 1.807) is 24.3 Å². The zero-order valence-corrected chi connectivity index (χ0v) is 22.3. The van der Waals surface area contributed by atoms with Gasteiger partial charge in [0, 0.05) is 39.1 Å². The van der Waals surface area contributed by atoms with E-state index in [9.17, 15) is 14.4 Å². The molecule has 0 saturated heterocycles. The number of rotatable bonds is 9. The fourth-order valence-corrected chi connectivity index (χ4v) is 5.16. The average molecular weight is 597 g/mol. The van der Waals surface area contributed by atoms with E-state index in [2.05, 4.69) is 38.2 Å². The minimum Gasteiger partial charge on any atom is -0.481 e. The van der Waals surface area contributed by atoms with E-state index >= 15 is 0 Å². The van der Waals surface area contributed by atoms with E-state index in [1.807, 2.05) is 44.2 Å². The molecule has 186 valence electrons. The minimum atomic E-state index is -0.849. The first kappa shape index (κ1) is 25.7. The molecule has 2 aromatic carbocycles. The van der Waals surface area contributed by atoms with Crippen molar-refractivity contribution in [2.75, 3.05) is 9.74 Å². The summed E-state index contributed by atoms with van der Waals surface area (Å²) in [6, 6.07) is 15.0. The molecule has 1 aliphatic heterocycles. The maximum atomic E-state index is 13.2. The first-order valence-electron chi connectivity index (χ1n) is 11.8. The second-order valence-corrected chi connectivity index (χ2v) is 9.93. The number of hydrogen-bond acceptors (Lipinski definition) is 3. The topological polar surface area (TPSA) is 111 Å². The number of carbonyl (C=O) groups excluding carboxylic acids is 2. The Morgan fingerprint density at radius 3 is 2.58 bits per heavy atom. The molecule has 1 aromatic heterocycles. The van der Waals surface area contributed by atoms with E-state index in [1.165, 1.54) is 0 Å². The van der Waals surface area contributed by atoms with Crippen LogP contribution in [0.1, 0.15) is 62.9 Å². The summed E-state index contributed by atoms with van der Waals surface area (Å²) in [7, 11) is 0. The molecule has 36 heavy (non-hydrogen) atoms. The van der Waals surface area contributed by atoms with Crippen molar-refractivity contribution in [3.8, 4) is 0 Å². The smallest absolute Gasteiger partial charge is 0.303 e. The highest BCUT2D eigenvalue weighted by molar-refractivity contribution is 14.1. The van der Waals surface area contributed by atoms with Crippen LogP contribution in [0.15, 0.2) is 48.5 Å². The Hall–Kier alpha value is -3.40. The Labute approximate surface area is 223 Å². The van der Waals surface area contributed by atoms with Gasteiger partial charge in [0.25, 0.3) is 11.8 Å². The molecule has 7 nitrogen and oxygen atoms in total. The van der Waals surface area contributed by atoms with E-state index < -0.39 is 5.97 Å². The molecule has 1 atom stereocenters. The van der Waals surface area contributed by atoms with Crippen LogP contribution < -0.4 is 10.6 Å². The standard InChI is InChI=1S/C28H28IN3O4/c1-16-20(9-11-26(33)34)17(2)30-25(16)15-22-21-14-19(8-10-24(21)32-28(22)36)27(35)31-23(12-13-29)18-6-4-3-5-7-18/h3-8,10,14-15,23,30H,9,11-13H2,1-2H3,(H,31,35)(H,32,36)(H,33,34)/b22-15-/t23-/m1/s1. The molecule has 3 aromatic rings. The van der Waals surface area contributed by atoms with Gasteiger partial charge < -0.3 is 20.7 Å². The number of fused-ring (bicyclic) bond motifs is 1. The number of alkyl halides is 1. The van der Waals surface area contributed by atoms with E-state index in [0.29, 0.717) is 28.8 Å². The molecular weight excluding hydrogens is 569 g/mol. The molecule has 0 saturated carbocycles. The van der Waals surface area contributed by atoms with Crippen LogP contribution in [0, 0.1) is 13.8 Å².